The van der Waals surface area contributed by atoms with Crippen LogP contribution in [0, 0.1) is 5.82 Å². The van der Waals surface area contributed by atoms with E-state index in [-0.39, 0.29) is 17.1 Å². The van der Waals surface area contributed by atoms with Crippen LogP contribution in [-0.2, 0) is 26.2 Å². The summed E-state index contributed by atoms with van der Waals surface area (Å²) in [6, 6.07) is 16.3. The first-order chi connectivity index (χ1) is 18.6. The fraction of sp³-hybridized carbons (Fsp3) is 0.286. The summed E-state index contributed by atoms with van der Waals surface area (Å²) in [7, 11) is -4.24. The summed E-state index contributed by atoms with van der Waals surface area (Å²) in [6.45, 7) is 3.18. The van der Waals surface area contributed by atoms with Crippen LogP contribution < -0.4 is 9.62 Å². The van der Waals surface area contributed by atoms with Gasteiger partial charge < -0.3 is 10.2 Å². The van der Waals surface area contributed by atoms with Crippen molar-refractivity contribution in [2.24, 2.45) is 0 Å². The topological polar surface area (TPSA) is 86.8 Å². The van der Waals surface area contributed by atoms with Crippen LogP contribution in [0.2, 0.25) is 10.0 Å². The molecule has 3 rings (SSSR count). The van der Waals surface area contributed by atoms with Gasteiger partial charge in [0.1, 0.15) is 18.4 Å². The van der Waals surface area contributed by atoms with Gasteiger partial charge in [-0.05, 0) is 61.9 Å². The van der Waals surface area contributed by atoms with E-state index in [4.69, 9.17) is 23.2 Å². The molecule has 7 nitrogen and oxygen atoms in total. The highest BCUT2D eigenvalue weighted by atomic mass is 35.5. The van der Waals surface area contributed by atoms with E-state index >= 15 is 0 Å². The Hall–Kier alpha value is -3.14. The number of nitrogens with zero attached hydrogens (tertiary/aromatic N) is 2. The molecule has 2 amide bonds. The van der Waals surface area contributed by atoms with Crippen LogP contribution in [0.25, 0.3) is 0 Å². The molecule has 0 aliphatic carbocycles. The second-order valence-electron chi connectivity index (χ2n) is 8.84. The average molecular weight is 595 g/mol. The summed E-state index contributed by atoms with van der Waals surface area (Å²) in [6.07, 6.45) is 1.63. The molecule has 0 heterocycles. The first-order valence-corrected chi connectivity index (χ1v) is 14.6. The molecule has 0 aromatic heterocycles. The molecule has 0 aliphatic heterocycles. The number of unbranched alkanes of at least 4 members (excludes halogenated alkanes) is 1. The van der Waals surface area contributed by atoms with Crippen molar-refractivity contribution < 1.29 is 22.4 Å². The van der Waals surface area contributed by atoms with E-state index in [2.05, 4.69) is 5.32 Å². The lowest BCUT2D eigenvalue weighted by molar-refractivity contribution is -0.139. The van der Waals surface area contributed by atoms with Gasteiger partial charge in [0.25, 0.3) is 10.0 Å². The van der Waals surface area contributed by atoms with E-state index in [1.54, 1.807) is 43.3 Å². The van der Waals surface area contributed by atoms with Crippen molar-refractivity contribution >= 4 is 50.7 Å². The maximum absolute atomic E-state index is 13.9. The molecule has 3 aromatic carbocycles. The Labute approximate surface area is 238 Å². The molecule has 208 valence electrons. The van der Waals surface area contributed by atoms with Crippen LogP contribution in [0.15, 0.2) is 77.7 Å². The van der Waals surface area contributed by atoms with Crippen molar-refractivity contribution in [3.05, 3.63) is 94.2 Å². The normalized spacial score (nSPS) is 12.0. The highest BCUT2D eigenvalue weighted by Gasteiger charge is 2.33. The van der Waals surface area contributed by atoms with Crippen molar-refractivity contribution in [2.45, 2.75) is 44.2 Å². The number of hydrogen-bond acceptors (Lipinski definition) is 4. The predicted octanol–water partition coefficient (Wildman–Crippen LogP) is 5.66. The Balaban J connectivity index is 2.02. The highest BCUT2D eigenvalue weighted by Crippen LogP contribution is 2.28. The minimum Gasteiger partial charge on any atom is -0.354 e. The number of halogens is 3. The first kappa shape index (κ1) is 30.4. The predicted molar refractivity (Wildman–Crippen MR) is 152 cm³/mol. The Kier molecular flexibility index (Phi) is 10.7. The highest BCUT2D eigenvalue weighted by molar-refractivity contribution is 7.92. The third kappa shape index (κ3) is 7.71. The maximum atomic E-state index is 13.9. The number of rotatable bonds is 12. The lowest BCUT2D eigenvalue weighted by Gasteiger charge is -2.32. The van der Waals surface area contributed by atoms with Crippen molar-refractivity contribution in [3.8, 4) is 0 Å². The third-order valence-corrected chi connectivity index (χ3v) is 8.61. The number of amides is 2. The first-order valence-electron chi connectivity index (χ1n) is 12.4. The maximum Gasteiger partial charge on any atom is 0.264 e. The van der Waals surface area contributed by atoms with E-state index in [1.807, 2.05) is 6.92 Å². The van der Waals surface area contributed by atoms with E-state index in [1.165, 1.54) is 29.2 Å². The Morgan fingerprint density at radius 2 is 1.56 bits per heavy atom. The van der Waals surface area contributed by atoms with Crippen LogP contribution in [-0.4, -0.2) is 44.3 Å². The van der Waals surface area contributed by atoms with Crippen LogP contribution in [0.5, 0.6) is 0 Å². The summed E-state index contributed by atoms with van der Waals surface area (Å²) in [5.41, 5.74) is 0.506. The van der Waals surface area contributed by atoms with Gasteiger partial charge >= 0.3 is 0 Å². The molecular formula is C28H30Cl2FN3O4S. The van der Waals surface area contributed by atoms with E-state index in [0.717, 1.165) is 29.3 Å². The largest absolute Gasteiger partial charge is 0.354 e. The second-order valence-corrected chi connectivity index (χ2v) is 11.5. The van der Waals surface area contributed by atoms with Gasteiger partial charge in [-0.15, -0.1) is 0 Å². The lowest BCUT2D eigenvalue weighted by Crippen LogP contribution is -2.51. The van der Waals surface area contributed by atoms with Gasteiger partial charge in [-0.3, -0.25) is 13.9 Å². The number of carbonyl (C=O) groups excluding carboxylic acids is 2. The molecule has 0 bridgehead atoms. The Bertz CT molecular complexity index is 1370. The van der Waals surface area contributed by atoms with E-state index < -0.39 is 40.2 Å². The molecule has 1 atom stereocenters. The molecular weight excluding hydrogens is 564 g/mol. The Morgan fingerprint density at radius 1 is 0.949 bits per heavy atom. The van der Waals surface area contributed by atoms with Crippen molar-refractivity contribution in [3.63, 3.8) is 0 Å². The number of carbonyl (C=O) groups is 2. The summed E-state index contributed by atoms with van der Waals surface area (Å²) in [5.74, 6) is -1.64. The fourth-order valence-corrected chi connectivity index (χ4v) is 5.78. The molecule has 0 spiro atoms. The Morgan fingerprint density at radius 3 is 2.15 bits per heavy atom. The van der Waals surface area contributed by atoms with Crippen molar-refractivity contribution in [1.82, 2.24) is 10.2 Å². The molecule has 0 aliphatic rings. The molecule has 0 saturated heterocycles. The number of hydrogen-bond donors (Lipinski definition) is 1. The summed E-state index contributed by atoms with van der Waals surface area (Å²) in [4.78, 5) is 28.0. The van der Waals surface area contributed by atoms with Gasteiger partial charge in [0, 0.05) is 28.7 Å². The summed E-state index contributed by atoms with van der Waals surface area (Å²) >= 11 is 12.7. The molecule has 3 aromatic rings. The van der Waals surface area contributed by atoms with Gasteiger partial charge in [-0.2, -0.15) is 0 Å². The number of sulfonamides is 1. The smallest absolute Gasteiger partial charge is 0.264 e. The fourth-order valence-electron chi connectivity index (χ4n) is 3.83. The van der Waals surface area contributed by atoms with Crippen LogP contribution in [0.1, 0.15) is 32.3 Å². The van der Waals surface area contributed by atoms with E-state index in [0.29, 0.717) is 22.2 Å². The number of anilines is 1. The van der Waals surface area contributed by atoms with Gasteiger partial charge in [0.05, 0.1) is 10.6 Å². The lowest BCUT2D eigenvalue weighted by atomic mass is 10.1. The summed E-state index contributed by atoms with van der Waals surface area (Å²) < 4.78 is 41.9. The van der Waals surface area contributed by atoms with Crippen LogP contribution >= 0.6 is 23.2 Å². The monoisotopic (exact) mass is 593 g/mol. The third-order valence-electron chi connectivity index (χ3n) is 6.11. The molecule has 1 N–H and O–H groups in total. The molecule has 0 fully saturated rings. The number of benzene rings is 3. The second kappa shape index (κ2) is 13.8. The van der Waals surface area contributed by atoms with Crippen LogP contribution in [0.3, 0.4) is 0 Å². The molecule has 0 saturated carbocycles. The zero-order valence-electron chi connectivity index (χ0n) is 21.6. The SMILES string of the molecule is CCCCNC(=O)[C@@H](C)N(Cc1c(Cl)cccc1Cl)C(=O)CN(c1ccc(F)cc1)S(=O)(=O)c1ccccc1. The van der Waals surface area contributed by atoms with Gasteiger partial charge in [-0.1, -0.05) is 60.8 Å². The van der Waals surface area contributed by atoms with Crippen molar-refractivity contribution in [1.29, 1.82) is 0 Å². The van der Waals surface area contributed by atoms with Crippen molar-refractivity contribution in [2.75, 3.05) is 17.4 Å². The minimum atomic E-state index is -4.24. The average Bonchev–Trinajstić information content (AvgIpc) is 2.92. The van der Waals surface area contributed by atoms with Crippen LogP contribution in [0.4, 0.5) is 10.1 Å². The number of nitrogens with one attached hydrogen (secondary N) is 1. The standard InChI is InChI=1S/C28H30Cl2FN3O4S/c1-3-4-17-32-28(36)20(2)33(18-24-25(29)11-8-12-26(24)30)27(35)19-34(22-15-13-21(31)14-16-22)39(37,38)23-9-6-5-7-10-23/h5-16,20H,3-4,17-19H2,1-2H3,(H,32,36)/t20-/m1/s1. The molecule has 0 radical (unpaired) electrons. The minimum absolute atomic E-state index is 0.0480. The van der Waals surface area contributed by atoms with Gasteiger partial charge in [-0.25, -0.2) is 12.8 Å². The van der Waals surface area contributed by atoms with Gasteiger partial charge in [0.2, 0.25) is 11.8 Å². The summed E-state index contributed by atoms with van der Waals surface area (Å²) in [5, 5.41) is 3.40. The molecule has 11 heteroatoms. The molecule has 39 heavy (non-hydrogen) atoms. The zero-order chi connectivity index (χ0) is 28.6. The van der Waals surface area contributed by atoms with Gasteiger partial charge in [0.15, 0.2) is 0 Å². The molecule has 0 unspecified atom stereocenters. The quantitative estimate of drug-likeness (QED) is 0.274. The van der Waals surface area contributed by atoms with E-state index in [9.17, 15) is 22.4 Å². The zero-order valence-corrected chi connectivity index (χ0v) is 23.9.